The molecule has 3 aromatic rings. The number of carboxylic acid groups (broad SMARTS) is 1. The van der Waals surface area contributed by atoms with Gasteiger partial charge in [0.15, 0.2) is 0 Å². The molecule has 0 saturated carbocycles. The van der Waals surface area contributed by atoms with Crippen molar-refractivity contribution in [2.75, 3.05) is 0 Å². The molecule has 27 heavy (non-hydrogen) atoms. The Labute approximate surface area is 162 Å². The number of carbonyl (C=O) groups is 2. The first kappa shape index (κ1) is 18.7. The van der Waals surface area contributed by atoms with Gasteiger partial charge in [0.25, 0.3) is 5.91 Å². The molecule has 0 heterocycles. The Morgan fingerprint density at radius 2 is 1.52 bits per heavy atom. The largest absolute Gasteiger partial charge is 0.480 e. The smallest absolute Gasteiger partial charge is 0.326 e. The predicted octanol–water partition coefficient (Wildman–Crippen LogP) is 4.43. The quantitative estimate of drug-likeness (QED) is 0.665. The van der Waals surface area contributed by atoms with Crippen LogP contribution in [-0.2, 0) is 11.2 Å². The van der Waals surface area contributed by atoms with Crippen molar-refractivity contribution in [3.8, 4) is 11.1 Å². The molecule has 0 aromatic heterocycles. The Kier molecular flexibility index (Phi) is 5.89. The highest BCUT2D eigenvalue weighted by Gasteiger charge is 2.22. The highest BCUT2D eigenvalue weighted by atomic mass is 35.5. The van der Waals surface area contributed by atoms with Crippen molar-refractivity contribution in [2.24, 2.45) is 0 Å². The summed E-state index contributed by atoms with van der Waals surface area (Å²) in [5.74, 6) is -1.53. The van der Waals surface area contributed by atoms with Gasteiger partial charge in [-0.05, 0) is 41.0 Å². The lowest BCUT2D eigenvalue weighted by Gasteiger charge is -2.17. The molecule has 0 aliphatic carbocycles. The van der Waals surface area contributed by atoms with E-state index in [1.54, 1.807) is 24.3 Å². The van der Waals surface area contributed by atoms with Crippen molar-refractivity contribution < 1.29 is 14.7 Å². The highest BCUT2D eigenvalue weighted by Crippen LogP contribution is 2.24. The summed E-state index contributed by atoms with van der Waals surface area (Å²) in [6.07, 6.45) is 0.180. The van der Waals surface area contributed by atoms with E-state index < -0.39 is 17.9 Å². The van der Waals surface area contributed by atoms with Gasteiger partial charge >= 0.3 is 5.97 Å². The first-order chi connectivity index (χ1) is 13.0. The van der Waals surface area contributed by atoms with E-state index in [0.29, 0.717) is 10.6 Å². The number of hydrogen-bond donors (Lipinski definition) is 2. The normalized spacial score (nSPS) is 11.6. The van der Waals surface area contributed by atoms with Crippen LogP contribution < -0.4 is 5.32 Å². The van der Waals surface area contributed by atoms with Crippen LogP contribution in [0.3, 0.4) is 0 Å². The molecule has 2 N–H and O–H groups in total. The van der Waals surface area contributed by atoms with Gasteiger partial charge in [0, 0.05) is 17.0 Å². The van der Waals surface area contributed by atoms with Crippen LogP contribution >= 0.6 is 11.6 Å². The lowest BCUT2D eigenvalue weighted by Crippen LogP contribution is -2.42. The molecule has 0 fully saturated rings. The molecular formula is C22H18ClNO3. The number of aliphatic carboxylic acids is 1. The molecule has 136 valence electrons. The van der Waals surface area contributed by atoms with Gasteiger partial charge in [0.1, 0.15) is 6.04 Å². The number of amides is 1. The molecule has 1 amide bonds. The van der Waals surface area contributed by atoms with E-state index in [4.69, 9.17) is 11.6 Å². The van der Waals surface area contributed by atoms with Crippen LogP contribution in [0, 0.1) is 0 Å². The molecule has 1 unspecified atom stereocenters. The number of carboxylic acids is 1. The Hall–Kier alpha value is -3.11. The maximum Gasteiger partial charge on any atom is 0.326 e. The summed E-state index contributed by atoms with van der Waals surface area (Å²) in [6, 6.07) is 22.6. The van der Waals surface area contributed by atoms with Crippen LogP contribution in [0.5, 0.6) is 0 Å². The number of hydrogen-bond acceptors (Lipinski definition) is 2. The van der Waals surface area contributed by atoms with Crippen LogP contribution in [-0.4, -0.2) is 23.0 Å². The van der Waals surface area contributed by atoms with Crippen LogP contribution in [0.25, 0.3) is 11.1 Å². The number of nitrogens with one attached hydrogen (secondary N) is 1. The Bertz CT molecular complexity index is 939. The van der Waals surface area contributed by atoms with E-state index in [1.165, 1.54) is 0 Å². The van der Waals surface area contributed by atoms with Gasteiger partial charge in [0.2, 0.25) is 0 Å². The SMILES string of the molecule is O=C(NC(Cc1ccccc1-c1ccccc1)C(=O)O)c1ccc(Cl)cc1. The monoisotopic (exact) mass is 379 g/mol. The van der Waals surface area contributed by atoms with E-state index in [-0.39, 0.29) is 6.42 Å². The van der Waals surface area contributed by atoms with E-state index in [2.05, 4.69) is 5.32 Å². The molecule has 1 atom stereocenters. The van der Waals surface area contributed by atoms with Gasteiger partial charge in [-0.25, -0.2) is 4.79 Å². The Balaban J connectivity index is 1.82. The van der Waals surface area contributed by atoms with E-state index >= 15 is 0 Å². The van der Waals surface area contributed by atoms with E-state index in [9.17, 15) is 14.7 Å². The minimum Gasteiger partial charge on any atom is -0.480 e. The van der Waals surface area contributed by atoms with Gasteiger partial charge in [0.05, 0.1) is 0 Å². The van der Waals surface area contributed by atoms with Gasteiger partial charge in [-0.2, -0.15) is 0 Å². The molecule has 0 saturated heterocycles. The zero-order valence-corrected chi connectivity index (χ0v) is 15.2. The average molecular weight is 380 g/mol. The average Bonchev–Trinajstić information content (AvgIpc) is 2.69. The first-order valence-electron chi connectivity index (χ1n) is 8.47. The van der Waals surface area contributed by atoms with Crippen LogP contribution in [0.4, 0.5) is 0 Å². The molecule has 5 heteroatoms. The fraction of sp³-hybridized carbons (Fsp3) is 0.0909. The molecule has 0 radical (unpaired) electrons. The van der Waals surface area contributed by atoms with Crippen molar-refractivity contribution in [3.63, 3.8) is 0 Å². The molecule has 0 spiro atoms. The second-order valence-electron chi connectivity index (χ2n) is 6.10. The molecule has 3 aromatic carbocycles. The standard InChI is InChI=1S/C22H18ClNO3/c23-18-12-10-16(11-13-18)21(25)24-20(22(26)27)14-17-8-4-5-9-19(17)15-6-2-1-3-7-15/h1-13,20H,14H2,(H,24,25)(H,26,27). The second-order valence-corrected chi connectivity index (χ2v) is 6.53. The minimum absolute atomic E-state index is 0.180. The van der Waals surface area contributed by atoms with Gasteiger partial charge in [-0.15, -0.1) is 0 Å². The highest BCUT2D eigenvalue weighted by molar-refractivity contribution is 6.30. The fourth-order valence-electron chi connectivity index (χ4n) is 2.86. The van der Waals surface area contributed by atoms with Crippen LogP contribution in [0.1, 0.15) is 15.9 Å². The molecule has 4 nitrogen and oxygen atoms in total. The maximum atomic E-state index is 12.4. The zero-order chi connectivity index (χ0) is 19.2. The van der Waals surface area contributed by atoms with E-state index in [1.807, 2.05) is 54.6 Å². The number of benzene rings is 3. The van der Waals surface area contributed by atoms with Crippen LogP contribution in [0.2, 0.25) is 5.02 Å². The number of rotatable bonds is 6. The zero-order valence-electron chi connectivity index (χ0n) is 14.4. The number of carbonyl (C=O) groups excluding carboxylic acids is 1. The third-order valence-electron chi connectivity index (χ3n) is 4.24. The van der Waals surface area contributed by atoms with Crippen molar-refractivity contribution >= 4 is 23.5 Å². The molecule has 0 bridgehead atoms. The Morgan fingerprint density at radius 1 is 0.889 bits per heavy atom. The molecule has 0 aliphatic heterocycles. The summed E-state index contributed by atoms with van der Waals surface area (Å²) in [5.41, 5.74) is 3.17. The minimum atomic E-state index is -1.08. The maximum absolute atomic E-state index is 12.4. The van der Waals surface area contributed by atoms with Crippen molar-refractivity contribution in [2.45, 2.75) is 12.5 Å². The summed E-state index contributed by atoms with van der Waals surface area (Å²) in [6.45, 7) is 0. The van der Waals surface area contributed by atoms with Crippen molar-refractivity contribution in [3.05, 3.63) is 95.0 Å². The number of halogens is 1. The lowest BCUT2D eigenvalue weighted by atomic mass is 9.95. The van der Waals surface area contributed by atoms with E-state index in [0.717, 1.165) is 16.7 Å². The molecule has 0 aliphatic rings. The summed E-state index contributed by atoms with van der Waals surface area (Å²) in [4.78, 5) is 24.1. The predicted molar refractivity (Wildman–Crippen MR) is 106 cm³/mol. The summed E-state index contributed by atoms with van der Waals surface area (Å²) >= 11 is 5.83. The summed E-state index contributed by atoms with van der Waals surface area (Å²) in [7, 11) is 0. The topological polar surface area (TPSA) is 66.4 Å². The van der Waals surface area contributed by atoms with Crippen LogP contribution in [0.15, 0.2) is 78.9 Å². The third kappa shape index (κ3) is 4.74. The first-order valence-corrected chi connectivity index (χ1v) is 8.85. The van der Waals surface area contributed by atoms with Gasteiger partial charge in [-0.1, -0.05) is 66.2 Å². The third-order valence-corrected chi connectivity index (χ3v) is 4.49. The molecular weight excluding hydrogens is 362 g/mol. The van der Waals surface area contributed by atoms with Gasteiger partial charge in [-0.3, -0.25) is 4.79 Å². The Morgan fingerprint density at radius 3 is 2.19 bits per heavy atom. The summed E-state index contributed by atoms with van der Waals surface area (Å²) < 4.78 is 0. The lowest BCUT2D eigenvalue weighted by molar-refractivity contribution is -0.139. The fourth-order valence-corrected chi connectivity index (χ4v) is 2.99. The van der Waals surface area contributed by atoms with Gasteiger partial charge < -0.3 is 10.4 Å². The van der Waals surface area contributed by atoms with Crippen molar-refractivity contribution in [1.29, 1.82) is 0 Å². The summed E-state index contributed by atoms with van der Waals surface area (Å²) in [5, 5.41) is 12.7. The second kappa shape index (κ2) is 8.52. The molecule has 3 rings (SSSR count). The van der Waals surface area contributed by atoms with Crippen molar-refractivity contribution in [1.82, 2.24) is 5.32 Å².